The van der Waals surface area contributed by atoms with Gasteiger partial charge in [0.1, 0.15) is 6.33 Å². The van der Waals surface area contributed by atoms with Gasteiger partial charge in [-0.1, -0.05) is 60.3 Å². The molecule has 0 saturated carbocycles. The van der Waals surface area contributed by atoms with Crippen LogP contribution in [0.15, 0.2) is 77.5 Å². The summed E-state index contributed by atoms with van der Waals surface area (Å²) in [5.74, 6) is -0.124. The molecule has 0 aliphatic heterocycles. The van der Waals surface area contributed by atoms with Crippen LogP contribution in [0.1, 0.15) is 6.92 Å². The van der Waals surface area contributed by atoms with Crippen molar-refractivity contribution in [2.24, 2.45) is 0 Å². The number of nitrogens with one attached hydrogen (secondary N) is 1. The SMILES string of the molecule is CC(Sc1nncn1-c1ccccc1)C(=O)Nc1nc(-c2ccccc2)cs1. The number of nitrogens with zero attached hydrogens (tertiary/aromatic N) is 4. The normalized spacial score (nSPS) is 11.9. The molecule has 8 heteroatoms. The second-order valence-corrected chi connectivity index (χ2v) is 8.14. The molecule has 0 fully saturated rings. The van der Waals surface area contributed by atoms with E-state index in [0.29, 0.717) is 10.3 Å². The Hall–Kier alpha value is -2.97. The van der Waals surface area contributed by atoms with Crippen molar-refractivity contribution < 1.29 is 4.79 Å². The molecule has 0 radical (unpaired) electrons. The minimum atomic E-state index is -0.351. The summed E-state index contributed by atoms with van der Waals surface area (Å²) in [4.78, 5) is 17.1. The van der Waals surface area contributed by atoms with Crippen LogP contribution in [0, 0.1) is 0 Å². The Morgan fingerprint density at radius 2 is 1.82 bits per heavy atom. The fourth-order valence-electron chi connectivity index (χ4n) is 2.56. The van der Waals surface area contributed by atoms with Crippen LogP contribution in [0.4, 0.5) is 5.13 Å². The molecule has 0 spiro atoms. The molecule has 0 aliphatic rings. The number of para-hydroxylation sites is 1. The van der Waals surface area contributed by atoms with Crippen molar-refractivity contribution in [3.8, 4) is 16.9 Å². The highest BCUT2D eigenvalue weighted by molar-refractivity contribution is 8.00. The maximum Gasteiger partial charge on any atom is 0.239 e. The second kappa shape index (κ2) is 8.37. The third-order valence-electron chi connectivity index (χ3n) is 4.01. The summed E-state index contributed by atoms with van der Waals surface area (Å²) < 4.78 is 1.87. The maximum absolute atomic E-state index is 12.6. The lowest BCUT2D eigenvalue weighted by atomic mass is 10.2. The Labute approximate surface area is 170 Å². The van der Waals surface area contributed by atoms with E-state index < -0.39 is 0 Å². The molecule has 28 heavy (non-hydrogen) atoms. The number of thioether (sulfide) groups is 1. The standard InChI is InChI=1S/C20H17N5OS2/c1-14(28-20-24-21-13-25(20)16-10-6-3-7-11-16)18(26)23-19-22-17(12-27-19)15-8-4-2-5-9-15/h2-14H,1H3,(H,22,23,26). The van der Waals surface area contributed by atoms with Gasteiger partial charge in [0.15, 0.2) is 10.3 Å². The number of carbonyl (C=O) groups is 1. The molecule has 140 valence electrons. The lowest BCUT2D eigenvalue weighted by Gasteiger charge is -2.11. The number of thiazole rings is 1. The van der Waals surface area contributed by atoms with Gasteiger partial charge < -0.3 is 5.32 Å². The summed E-state index contributed by atoms with van der Waals surface area (Å²) >= 11 is 2.77. The van der Waals surface area contributed by atoms with Gasteiger partial charge in [-0.15, -0.1) is 21.5 Å². The van der Waals surface area contributed by atoms with Crippen molar-refractivity contribution in [3.05, 3.63) is 72.4 Å². The van der Waals surface area contributed by atoms with E-state index in [9.17, 15) is 4.79 Å². The number of carbonyl (C=O) groups excluding carboxylic acids is 1. The molecule has 2 heterocycles. The number of anilines is 1. The zero-order chi connectivity index (χ0) is 19.3. The van der Waals surface area contributed by atoms with Crippen molar-refractivity contribution >= 4 is 34.1 Å². The van der Waals surface area contributed by atoms with Gasteiger partial charge in [-0.05, 0) is 19.1 Å². The average molecular weight is 408 g/mol. The number of hydrogen-bond donors (Lipinski definition) is 1. The molecule has 0 bridgehead atoms. The predicted octanol–water partition coefficient (Wildman–Crippen LogP) is 4.51. The Balaban J connectivity index is 1.43. The fraction of sp³-hybridized carbons (Fsp3) is 0.100. The first-order chi connectivity index (χ1) is 13.7. The minimum Gasteiger partial charge on any atom is -0.301 e. The third kappa shape index (κ3) is 4.13. The van der Waals surface area contributed by atoms with E-state index in [2.05, 4.69) is 20.5 Å². The van der Waals surface area contributed by atoms with Gasteiger partial charge in [0.05, 0.1) is 10.9 Å². The highest BCUT2D eigenvalue weighted by Gasteiger charge is 2.19. The molecule has 1 amide bonds. The summed E-state index contributed by atoms with van der Waals surface area (Å²) in [5.41, 5.74) is 2.83. The zero-order valence-electron chi connectivity index (χ0n) is 15.0. The molecule has 2 aromatic heterocycles. The summed E-state index contributed by atoms with van der Waals surface area (Å²) in [6.07, 6.45) is 1.65. The van der Waals surface area contributed by atoms with E-state index in [1.807, 2.05) is 77.5 Å². The zero-order valence-corrected chi connectivity index (χ0v) is 16.7. The Morgan fingerprint density at radius 3 is 2.57 bits per heavy atom. The topological polar surface area (TPSA) is 72.7 Å². The van der Waals surface area contributed by atoms with E-state index in [4.69, 9.17) is 0 Å². The number of amides is 1. The van der Waals surface area contributed by atoms with Crippen LogP contribution in [-0.2, 0) is 4.79 Å². The van der Waals surface area contributed by atoms with Gasteiger partial charge in [0, 0.05) is 16.6 Å². The minimum absolute atomic E-state index is 0.124. The van der Waals surface area contributed by atoms with E-state index >= 15 is 0 Å². The molecule has 2 aromatic carbocycles. The van der Waals surface area contributed by atoms with Gasteiger partial charge in [-0.25, -0.2) is 4.98 Å². The van der Waals surface area contributed by atoms with E-state index in [1.54, 1.807) is 6.33 Å². The summed E-state index contributed by atoms with van der Waals surface area (Å²) in [6, 6.07) is 19.7. The summed E-state index contributed by atoms with van der Waals surface area (Å²) in [7, 11) is 0. The lowest BCUT2D eigenvalue weighted by molar-refractivity contribution is -0.115. The van der Waals surface area contributed by atoms with Gasteiger partial charge in [-0.3, -0.25) is 9.36 Å². The third-order valence-corrected chi connectivity index (χ3v) is 5.82. The van der Waals surface area contributed by atoms with Crippen LogP contribution in [0.5, 0.6) is 0 Å². The highest BCUT2D eigenvalue weighted by Crippen LogP contribution is 2.27. The number of hydrogen-bond acceptors (Lipinski definition) is 6. The Bertz CT molecular complexity index is 1060. The molecule has 1 N–H and O–H groups in total. The van der Waals surface area contributed by atoms with Crippen LogP contribution < -0.4 is 5.32 Å². The quantitative estimate of drug-likeness (QED) is 0.476. The smallest absolute Gasteiger partial charge is 0.239 e. The van der Waals surface area contributed by atoms with Crippen LogP contribution in [-0.4, -0.2) is 30.9 Å². The number of benzene rings is 2. The largest absolute Gasteiger partial charge is 0.301 e. The highest BCUT2D eigenvalue weighted by atomic mass is 32.2. The maximum atomic E-state index is 12.6. The first-order valence-corrected chi connectivity index (χ1v) is 10.4. The molecule has 1 atom stereocenters. The molecule has 4 aromatic rings. The van der Waals surface area contributed by atoms with Crippen LogP contribution in [0.25, 0.3) is 16.9 Å². The number of rotatable bonds is 6. The Kier molecular flexibility index (Phi) is 5.50. The van der Waals surface area contributed by atoms with Crippen molar-refractivity contribution in [1.29, 1.82) is 0 Å². The van der Waals surface area contributed by atoms with E-state index in [1.165, 1.54) is 23.1 Å². The first-order valence-electron chi connectivity index (χ1n) is 8.64. The molecule has 0 aliphatic carbocycles. The van der Waals surface area contributed by atoms with Crippen LogP contribution in [0.3, 0.4) is 0 Å². The van der Waals surface area contributed by atoms with E-state index in [-0.39, 0.29) is 11.2 Å². The van der Waals surface area contributed by atoms with Crippen LogP contribution in [0.2, 0.25) is 0 Å². The van der Waals surface area contributed by atoms with Gasteiger partial charge >= 0.3 is 0 Å². The van der Waals surface area contributed by atoms with Gasteiger partial charge in [0.2, 0.25) is 5.91 Å². The average Bonchev–Trinajstić information content (AvgIpc) is 3.39. The molecule has 6 nitrogen and oxygen atoms in total. The van der Waals surface area contributed by atoms with Crippen molar-refractivity contribution in [3.63, 3.8) is 0 Å². The summed E-state index contributed by atoms with van der Waals surface area (Å²) in [5, 5.41) is 13.9. The lowest BCUT2D eigenvalue weighted by Crippen LogP contribution is -2.22. The van der Waals surface area contributed by atoms with Crippen molar-refractivity contribution in [2.75, 3.05) is 5.32 Å². The monoisotopic (exact) mass is 407 g/mol. The van der Waals surface area contributed by atoms with E-state index in [0.717, 1.165) is 16.9 Å². The molecular weight excluding hydrogens is 390 g/mol. The molecule has 4 rings (SSSR count). The molecule has 1 unspecified atom stereocenters. The van der Waals surface area contributed by atoms with Crippen molar-refractivity contribution in [2.45, 2.75) is 17.3 Å². The van der Waals surface area contributed by atoms with Gasteiger partial charge in [-0.2, -0.15) is 0 Å². The molecular formula is C20H17N5OS2. The summed E-state index contributed by atoms with van der Waals surface area (Å²) in [6.45, 7) is 1.84. The Morgan fingerprint density at radius 1 is 1.11 bits per heavy atom. The molecule has 0 saturated heterocycles. The fourth-order valence-corrected chi connectivity index (χ4v) is 4.13. The van der Waals surface area contributed by atoms with Crippen molar-refractivity contribution in [1.82, 2.24) is 19.7 Å². The number of aromatic nitrogens is 4. The van der Waals surface area contributed by atoms with Crippen LogP contribution >= 0.6 is 23.1 Å². The predicted molar refractivity (Wildman–Crippen MR) is 113 cm³/mol. The van der Waals surface area contributed by atoms with Gasteiger partial charge in [0.25, 0.3) is 0 Å². The first kappa shape index (κ1) is 18.4. The second-order valence-electron chi connectivity index (χ2n) is 5.97.